The first-order chi connectivity index (χ1) is 17.1. The van der Waals surface area contributed by atoms with Crippen LogP contribution in [0.1, 0.15) is 22.8 Å². The second-order valence-corrected chi connectivity index (χ2v) is 7.89. The topological polar surface area (TPSA) is 76.7 Å². The van der Waals surface area contributed by atoms with Gasteiger partial charge in [-0.2, -0.15) is 0 Å². The first-order valence-electron chi connectivity index (χ1n) is 11.3. The fraction of sp³-hybridized carbons (Fsp3) is 0.103. The molecule has 0 bridgehead atoms. The standard InChI is InChI=1S/C29H26N2O4/c1-21(35-27-18-12-24(13-19-27)23-10-6-3-7-11-23)28(32)30-31-29(33)25-14-16-26(17-15-25)34-20-22-8-4-2-5-9-22/h2-19,21H,20H2,1H3,(H,30,32)(H,31,33). The molecular formula is C29H26N2O4. The van der Waals surface area contributed by atoms with Crippen molar-refractivity contribution in [2.24, 2.45) is 0 Å². The minimum Gasteiger partial charge on any atom is -0.489 e. The maximum Gasteiger partial charge on any atom is 0.279 e. The van der Waals surface area contributed by atoms with E-state index in [-0.39, 0.29) is 0 Å². The van der Waals surface area contributed by atoms with Crippen molar-refractivity contribution in [3.8, 4) is 22.6 Å². The zero-order valence-electron chi connectivity index (χ0n) is 19.3. The highest BCUT2D eigenvalue weighted by molar-refractivity contribution is 5.95. The Morgan fingerprint density at radius 1 is 0.686 bits per heavy atom. The van der Waals surface area contributed by atoms with Gasteiger partial charge in [0.1, 0.15) is 18.1 Å². The third kappa shape index (κ3) is 6.71. The normalized spacial score (nSPS) is 11.2. The van der Waals surface area contributed by atoms with Crippen LogP contribution < -0.4 is 20.3 Å². The van der Waals surface area contributed by atoms with Crippen molar-refractivity contribution in [3.63, 3.8) is 0 Å². The summed E-state index contributed by atoms with van der Waals surface area (Å²) in [5.74, 6) is 0.306. The Morgan fingerprint density at radius 3 is 1.91 bits per heavy atom. The Morgan fingerprint density at radius 2 is 1.26 bits per heavy atom. The predicted molar refractivity (Wildman–Crippen MR) is 135 cm³/mol. The number of hydrogen-bond acceptors (Lipinski definition) is 4. The van der Waals surface area contributed by atoms with Crippen molar-refractivity contribution in [1.82, 2.24) is 10.9 Å². The van der Waals surface area contributed by atoms with E-state index < -0.39 is 17.9 Å². The van der Waals surface area contributed by atoms with Crippen LogP contribution in [0.15, 0.2) is 109 Å². The van der Waals surface area contributed by atoms with Crippen LogP contribution in [-0.4, -0.2) is 17.9 Å². The van der Waals surface area contributed by atoms with Gasteiger partial charge in [-0.25, -0.2) is 0 Å². The number of carbonyl (C=O) groups excluding carboxylic acids is 2. The maximum atomic E-state index is 12.4. The average molecular weight is 467 g/mol. The fourth-order valence-electron chi connectivity index (χ4n) is 3.35. The van der Waals surface area contributed by atoms with E-state index in [1.54, 1.807) is 31.2 Å². The van der Waals surface area contributed by atoms with Crippen LogP contribution in [0.5, 0.6) is 11.5 Å². The van der Waals surface area contributed by atoms with Gasteiger partial charge in [0.25, 0.3) is 11.8 Å². The lowest BCUT2D eigenvalue weighted by molar-refractivity contribution is -0.128. The number of benzene rings is 4. The van der Waals surface area contributed by atoms with Crippen LogP contribution in [0.2, 0.25) is 0 Å². The quantitative estimate of drug-likeness (QED) is 0.352. The maximum absolute atomic E-state index is 12.4. The summed E-state index contributed by atoms with van der Waals surface area (Å²) in [5.41, 5.74) is 8.42. The van der Waals surface area contributed by atoms with Crippen LogP contribution in [0.4, 0.5) is 0 Å². The van der Waals surface area contributed by atoms with E-state index in [0.717, 1.165) is 16.7 Å². The Hall–Kier alpha value is -4.58. The monoisotopic (exact) mass is 466 g/mol. The summed E-state index contributed by atoms with van der Waals surface area (Å²) in [6, 6.07) is 34.0. The Balaban J connectivity index is 1.23. The van der Waals surface area contributed by atoms with E-state index in [1.165, 1.54) is 0 Å². The molecule has 35 heavy (non-hydrogen) atoms. The third-order valence-electron chi connectivity index (χ3n) is 5.31. The molecule has 0 spiro atoms. The van der Waals surface area contributed by atoms with E-state index >= 15 is 0 Å². The van der Waals surface area contributed by atoms with Crippen molar-refractivity contribution in [2.75, 3.05) is 0 Å². The van der Waals surface area contributed by atoms with Crippen LogP contribution in [0.25, 0.3) is 11.1 Å². The van der Waals surface area contributed by atoms with Gasteiger partial charge in [-0.1, -0.05) is 72.8 Å². The second kappa shape index (κ2) is 11.5. The SMILES string of the molecule is CC(Oc1ccc(-c2ccccc2)cc1)C(=O)NNC(=O)c1ccc(OCc2ccccc2)cc1. The van der Waals surface area contributed by atoms with Crippen LogP contribution in [0, 0.1) is 0 Å². The zero-order valence-corrected chi connectivity index (χ0v) is 19.3. The van der Waals surface area contributed by atoms with Crippen LogP contribution in [0.3, 0.4) is 0 Å². The number of amides is 2. The average Bonchev–Trinajstić information content (AvgIpc) is 2.92. The predicted octanol–water partition coefficient (Wildman–Crippen LogP) is 5.16. The van der Waals surface area contributed by atoms with E-state index in [1.807, 2.05) is 84.9 Å². The van der Waals surface area contributed by atoms with E-state index in [4.69, 9.17) is 9.47 Å². The molecule has 4 rings (SSSR count). The van der Waals surface area contributed by atoms with Crippen molar-refractivity contribution in [2.45, 2.75) is 19.6 Å². The molecular weight excluding hydrogens is 440 g/mol. The van der Waals surface area contributed by atoms with Crippen molar-refractivity contribution in [1.29, 1.82) is 0 Å². The Bertz CT molecular complexity index is 1240. The molecule has 4 aromatic rings. The van der Waals surface area contributed by atoms with Crippen molar-refractivity contribution in [3.05, 3.63) is 120 Å². The molecule has 6 nitrogen and oxygen atoms in total. The van der Waals surface area contributed by atoms with Gasteiger partial charge < -0.3 is 9.47 Å². The molecule has 0 saturated heterocycles. The van der Waals surface area contributed by atoms with E-state index in [0.29, 0.717) is 23.7 Å². The van der Waals surface area contributed by atoms with Gasteiger partial charge in [0, 0.05) is 5.56 Å². The van der Waals surface area contributed by atoms with E-state index in [9.17, 15) is 9.59 Å². The van der Waals surface area contributed by atoms with Crippen molar-refractivity contribution >= 4 is 11.8 Å². The molecule has 6 heteroatoms. The summed E-state index contributed by atoms with van der Waals surface area (Å²) in [6.45, 7) is 2.06. The Kier molecular flexibility index (Phi) is 7.76. The molecule has 2 N–H and O–H groups in total. The summed E-state index contributed by atoms with van der Waals surface area (Å²) < 4.78 is 11.4. The highest BCUT2D eigenvalue weighted by Crippen LogP contribution is 2.22. The molecule has 0 fully saturated rings. The molecule has 0 aliphatic rings. The number of ether oxygens (including phenoxy) is 2. The molecule has 0 radical (unpaired) electrons. The van der Waals surface area contributed by atoms with Gasteiger partial charge in [-0.3, -0.25) is 20.4 Å². The van der Waals surface area contributed by atoms with Gasteiger partial charge in [0.05, 0.1) is 0 Å². The van der Waals surface area contributed by atoms with Crippen LogP contribution in [-0.2, 0) is 11.4 Å². The van der Waals surface area contributed by atoms with Gasteiger partial charge >= 0.3 is 0 Å². The fourth-order valence-corrected chi connectivity index (χ4v) is 3.35. The minimum atomic E-state index is -0.799. The summed E-state index contributed by atoms with van der Waals surface area (Å²) in [5, 5.41) is 0. The molecule has 0 saturated carbocycles. The smallest absolute Gasteiger partial charge is 0.279 e. The molecule has 0 heterocycles. The molecule has 0 aliphatic carbocycles. The summed E-state index contributed by atoms with van der Waals surface area (Å²) in [6.07, 6.45) is -0.799. The molecule has 4 aromatic carbocycles. The largest absolute Gasteiger partial charge is 0.489 e. The molecule has 0 aliphatic heterocycles. The zero-order chi connectivity index (χ0) is 24.5. The highest BCUT2D eigenvalue weighted by atomic mass is 16.5. The van der Waals surface area contributed by atoms with Crippen LogP contribution >= 0.6 is 0 Å². The number of nitrogens with one attached hydrogen (secondary N) is 2. The number of carbonyl (C=O) groups is 2. The van der Waals surface area contributed by atoms with Gasteiger partial charge in [-0.05, 0) is 60.0 Å². The highest BCUT2D eigenvalue weighted by Gasteiger charge is 2.16. The number of hydrazine groups is 1. The summed E-state index contributed by atoms with van der Waals surface area (Å²) >= 11 is 0. The van der Waals surface area contributed by atoms with Gasteiger partial charge in [0.15, 0.2) is 6.10 Å². The molecule has 0 aromatic heterocycles. The number of rotatable bonds is 8. The van der Waals surface area contributed by atoms with Gasteiger partial charge in [0.2, 0.25) is 0 Å². The van der Waals surface area contributed by atoms with E-state index in [2.05, 4.69) is 10.9 Å². The third-order valence-corrected chi connectivity index (χ3v) is 5.31. The molecule has 1 unspecified atom stereocenters. The Labute approximate surface area is 204 Å². The minimum absolute atomic E-state index is 0.391. The summed E-state index contributed by atoms with van der Waals surface area (Å²) in [4.78, 5) is 24.8. The second-order valence-electron chi connectivity index (χ2n) is 7.89. The van der Waals surface area contributed by atoms with Crippen molar-refractivity contribution < 1.29 is 19.1 Å². The first-order valence-corrected chi connectivity index (χ1v) is 11.3. The summed E-state index contributed by atoms with van der Waals surface area (Å²) in [7, 11) is 0. The first kappa shape index (κ1) is 23.6. The van der Waals surface area contributed by atoms with Gasteiger partial charge in [-0.15, -0.1) is 0 Å². The lowest BCUT2D eigenvalue weighted by atomic mass is 10.1. The number of hydrogen-bond donors (Lipinski definition) is 2. The molecule has 2 amide bonds. The lowest BCUT2D eigenvalue weighted by Gasteiger charge is -2.15. The molecule has 1 atom stereocenters. The molecule has 176 valence electrons. The lowest BCUT2D eigenvalue weighted by Crippen LogP contribution is -2.47.